The molecule has 20 heavy (non-hydrogen) atoms. The molecular formula is C18H14OS. The lowest BCUT2D eigenvalue weighted by atomic mass is 9.83. The molecule has 1 atom stereocenters. The van der Waals surface area contributed by atoms with E-state index in [1.807, 2.05) is 36.4 Å². The van der Waals surface area contributed by atoms with E-state index < -0.39 is 5.60 Å². The Morgan fingerprint density at radius 2 is 1.50 bits per heavy atom. The van der Waals surface area contributed by atoms with Gasteiger partial charge in [0.05, 0.1) is 0 Å². The summed E-state index contributed by atoms with van der Waals surface area (Å²) < 4.78 is 0. The van der Waals surface area contributed by atoms with Crippen LogP contribution in [0.2, 0.25) is 0 Å². The van der Waals surface area contributed by atoms with Crippen LogP contribution >= 0.6 is 11.3 Å². The van der Waals surface area contributed by atoms with Gasteiger partial charge in [-0.05, 0) is 39.9 Å². The van der Waals surface area contributed by atoms with Gasteiger partial charge in [0, 0.05) is 11.1 Å². The van der Waals surface area contributed by atoms with Gasteiger partial charge in [0.2, 0.25) is 0 Å². The zero-order valence-electron chi connectivity index (χ0n) is 11.1. The number of thiophene rings is 1. The van der Waals surface area contributed by atoms with Gasteiger partial charge in [-0.1, -0.05) is 48.5 Å². The summed E-state index contributed by atoms with van der Waals surface area (Å²) in [7, 11) is 0. The van der Waals surface area contributed by atoms with Crippen molar-refractivity contribution in [3.63, 3.8) is 0 Å². The molecular weight excluding hydrogens is 264 g/mol. The van der Waals surface area contributed by atoms with Crippen LogP contribution in [-0.4, -0.2) is 5.11 Å². The Kier molecular flexibility index (Phi) is 2.40. The summed E-state index contributed by atoms with van der Waals surface area (Å²) in [6, 6.07) is 16.2. The summed E-state index contributed by atoms with van der Waals surface area (Å²) in [6.07, 6.45) is 0. The predicted octanol–water partition coefficient (Wildman–Crippen LogP) is 4.32. The molecule has 1 aliphatic carbocycles. The molecule has 1 unspecified atom stereocenters. The van der Waals surface area contributed by atoms with E-state index in [0.717, 1.165) is 33.4 Å². The molecule has 0 aliphatic heterocycles. The van der Waals surface area contributed by atoms with Gasteiger partial charge in [0.15, 0.2) is 0 Å². The quantitative estimate of drug-likeness (QED) is 0.703. The van der Waals surface area contributed by atoms with Gasteiger partial charge in [-0.25, -0.2) is 0 Å². The van der Waals surface area contributed by atoms with Crippen LogP contribution in [0.3, 0.4) is 0 Å². The first kappa shape index (κ1) is 11.9. The van der Waals surface area contributed by atoms with E-state index in [1.54, 1.807) is 11.3 Å². The van der Waals surface area contributed by atoms with Crippen molar-refractivity contribution in [1.29, 1.82) is 0 Å². The van der Waals surface area contributed by atoms with E-state index in [4.69, 9.17) is 0 Å². The third-order valence-corrected chi connectivity index (χ3v) is 4.94. The fourth-order valence-corrected chi connectivity index (χ4v) is 4.13. The fraction of sp³-hybridized carbons (Fsp3) is 0.111. The molecule has 0 radical (unpaired) electrons. The van der Waals surface area contributed by atoms with Gasteiger partial charge < -0.3 is 5.11 Å². The second-order valence-corrected chi connectivity index (χ2v) is 6.01. The number of aliphatic hydroxyl groups is 1. The molecule has 3 aromatic rings. The van der Waals surface area contributed by atoms with Gasteiger partial charge in [0.1, 0.15) is 5.60 Å². The molecule has 4 rings (SSSR count). The average Bonchev–Trinajstić information content (AvgIpc) is 3.04. The van der Waals surface area contributed by atoms with Crippen molar-refractivity contribution in [1.82, 2.24) is 0 Å². The van der Waals surface area contributed by atoms with Crippen molar-refractivity contribution in [3.05, 3.63) is 81.5 Å². The lowest BCUT2D eigenvalue weighted by Gasteiger charge is -2.27. The maximum atomic E-state index is 11.5. The summed E-state index contributed by atoms with van der Waals surface area (Å²) in [5.74, 6) is 0. The molecule has 1 N–H and O–H groups in total. The summed E-state index contributed by atoms with van der Waals surface area (Å²) in [4.78, 5) is 0. The maximum Gasteiger partial charge on any atom is 0.142 e. The monoisotopic (exact) mass is 278 g/mol. The van der Waals surface area contributed by atoms with Gasteiger partial charge in [-0.3, -0.25) is 0 Å². The highest BCUT2D eigenvalue weighted by molar-refractivity contribution is 7.08. The minimum absolute atomic E-state index is 0.976. The van der Waals surface area contributed by atoms with Crippen LogP contribution in [0.25, 0.3) is 11.1 Å². The van der Waals surface area contributed by atoms with E-state index in [2.05, 4.69) is 29.8 Å². The summed E-state index contributed by atoms with van der Waals surface area (Å²) >= 11 is 1.65. The highest BCUT2D eigenvalue weighted by atomic mass is 32.1. The number of hydrogen-bond acceptors (Lipinski definition) is 2. The van der Waals surface area contributed by atoms with E-state index in [-0.39, 0.29) is 0 Å². The number of fused-ring (bicyclic) bond motifs is 3. The number of hydrogen-bond donors (Lipinski definition) is 1. The van der Waals surface area contributed by atoms with Gasteiger partial charge >= 0.3 is 0 Å². The SMILES string of the molecule is Cc1ccccc1C1(O)c2ccccc2-c2cscc21. The largest absolute Gasteiger partial charge is 0.376 e. The third-order valence-electron chi connectivity index (χ3n) is 4.19. The van der Waals surface area contributed by atoms with E-state index in [0.29, 0.717) is 0 Å². The molecule has 1 aliphatic rings. The van der Waals surface area contributed by atoms with E-state index in [1.165, 1.54) is 0 Å². The third kappa shape index (κ3) is 1.35. The Hall–Kier alpha value is -1.90. The molecule has 1 nitrogen and oxygen atoms in total. The minimum Gasteiger partial charge on any atom is -0.376 e. The predicted molar refractivity (Wildman–Crippen MR) is 83.0 cm³/mol. The first-order valence-electron chi connectivity index (χ1n) is 6.68. The molecule has 2 heteroatoms. The second kappa shape index (κ2) is 4.05. The molecule has 0 amide bonds. The van der Waals surface area contributed by atoms with Crippen LogP contribution in [0.4, 0.5) is 0 Å². The van der Waals surface area contributed by atoms with Crippen LogP contribution < -0.4 is 0 Å². The molecule has 0 fully saturated rings. The van der Waals surface area contributed by atoms with Crippen LogP contribution in [0.1, 0.15) is 22.3 Å². The van der Waals surface area contributed by atoms with Gasteiger partial charge in [0.25, 0.3) is 0 Å². The van der Waals surface area contributed by atoms with Crippen molar-refractivity contribution in [3.8, 4) is 11.1 Å². The lowest BCUT2D eigenvalue weighted by Crippen LogP contribution is -2.26. The number of benzene rings is 2. The zero-order valence-corrected chi connectivity index (χ0v) is 11.9. The highest BCUT2D eigenvalue weighted by Crippen LogP contribution is 2.52. The molecule has 0 bridgehead atoms. The van der Waals surface area contributed by atoms with Crippen LogP contribution in [0, 0.1) is 6.92 Å². The second-order valence-electron chi connectivity index (χ2n) is 5.27. The maximum absolute atomic E-state index is 11.5. The number of aryl methyl sites for hydroxylation is 1. The van der Waals surface area contributed by atoms with Crippen molar-refractivity contribution in [2.75, 3.05) is 0 Å². The van der Waals surface area contributed by atoms with Crippen molar-refractivity contribution in [2.24, 2.45) is 0 Å². The van der Waals surface area contributed by atoms with Crippen molar-refractivity contribution >= 4 is 11.3 Å². The summed E-state index contributed by atoms with van der Waals surface area (Å²) in [6.45, 7) is 2.06. The molecule has 1 heterocycles. The van der Waals surface area contributed by atoms with Crippen LogP contribution in [0.5, 0.6) is 0 Å². The molecule has 1 aromatic heterocycles. The molecule has 98 valence electrons. The standard InChI is InChI=1S/C18H14OS/c1-12-6-2-4-8-15(12)18(19)16-9-5-3-7-13(16)14-10-20-11-17(14)18/h2-11,19H,1H3. The molecule has 0 saturated carbocycles. The smallest absolute Gasteiger partial charge is 0.142 e. The lowest BCUT2D eigenvalue weighted by molar-refractivity contribution is 0.130. The van der Waals surface area contributed by atoms with Crippen LogP contribution in [-0.2, 0) is 5.60 Å². The number of rotatable bonds is 1. The Labute approximate surface area is 122 Å². The van der Waals surface area contributed by atoms with Crippen molar-refractivity contribution < 1.29 is 5.11 Å². The van der Waals surface area contributed by atoms with E-state index >= 15 is 0 Å². The first-order valence-corrected chi connectivity index (χ1v) is 7.62. The fourth-order valence-electron chi connectivity index (χ4n) is 3.23. The molecule has 0 saturated heterocycles. The van der Waals surface area contributed by atoms with Crippen molar-refractivity contribution in [2.45, 2.75) is 12.5 Å². The van der Waals surface area contributed by atoms with Gasteiger partial charge in [-0.2, -0.15) is 11.3 Å². The van der Waals surface area contributed by atoms with E-state index in [9.17, 15) is 5.11 Å². The minimum atomic E-state index is -1.02. The Morgan fingerprint density at radius 1 is 0.800 bits per heavy atom. The average molecular weight is 278 g/mol. The molecule has 0 spiro atoms. The first-order chi connectivity index (χ1) is 9.73. The Bertz CT molecular complexity index is 802. The Balaban J connectivity index is 2.10. The summed E-state index contributed by atoms with van der Waals surface area (Å²) in [5.41, 5.74) is 5.39. The molecule has 2 aromatic carbocycles. The Morgan fingerprint density at radius 3 is 2.30 bits per heavy atom. The zero-order chi connectivity index (χ0) is 13.7. The summed E-state index contributed by atoms with van der Waals surface area (Å²) in [5, 5.41) is 15.7. The normalized spacial score (nSPS) is 19.7. The highest BCUT2D eigenvalue weighted by Gasteiger charge is 2.44. The van der Waals surface area contributed by atoms with Crippen LogP contribution in [0.15, 0.2) is 59.3 Å². The topological polar surface area (TPSA) is 20.2 Å². The van der Waals surface area contributed by atoms with Gasteiger partial charge in [-0.15, -0.1) is 0 Å².